The Morgan fingerprint density at radius 2 is 1.74 bits per heavy atom. The summed E-state index contributed by atoms with van der Waals surface area (Å²) in [6.45, 7) is 6.85. The van der Waals surface area contributed by atoms with Gasteiger partial charge in [0.1, 0.15) is 15.6 Å². The minimum Gasteiger partial charge on any atom is -0.372 e. The topological polar surface area (TPSA) is 97.3 Å². The summed E-state index contributed by atoms with van der Waals surface area (Å²) in [5, 5.41) is 3.55. The van der Waals surface area contributed by atoms with Crippen LogP contribution >= 0.6 is 43.2 Å². The molecule has 1 aliphatic rings. The molecule has 3 atom stereocenters. The first kappa shape index (κ1) is 24.9. The minimum atomic E-state index is -0.432. The Balaban J connectivity index is 1.54. The molecule has 0 spiro atoms. The molecule has 3 aromatic rings. The van der Waals surface area contributed by atoms with E-state index in [0.717, 1.165) is 8.95 Å². The Morgan fingerprint density at radius 3 is 2.41 bits per heavy atom. The maximum atomic E-state index is 13.1. The lowest BCUT2D eigenvalue weighted by molar-refractivity contribution is -0.0585. The molecule has 4 rings (SSSR count). The second-order valence-electron chi connectivity index (χ2n) is 8.14. The van der Waals surface area contributed by atoms with Crippen molar-refractivity contribution < 1.29 is 14.3 Å². The maximum Gasteiger partial charge on any atom is 0.265 e. The first-order valence-corrected chi connectivity index (χ1v) is 13.1. The predicted octanol–water partition coefficient (Wildman–Crippen LogP) is 4.87. The van der Waals surface area contributed by atoms with Gasteiger partial charge < -0.3 is 15.0 Å². The van der Waals surface area contributed by atoms with E-state index in [0.29, 0.717) is 39.9 Å². The van der Waals surface area contributed by atoms with Crippen molar-refractivity contribution in [2.24, 2.45) is 0 Å². The average Bonchev–Trinajstić information content (AvgIpc) is 3.27. The molecular weight excluding hydrogens is 586 g/mol. The molecule has 3 heterocycles. The van der Waals surface area contributed by atoms with Crippen LogP contribution in [0.15, 0.2) is 45.7 Å². The van der Waals surface area contributed by atoms with Crippen LogP contribution in [0.1, 0.15) is 52.5 Å². The second kappa shape index (κ2) is 10.6. The average molecular weight is 609 g/mol. The summed E-state index contributed by atoms with van der Waals surface area (Å²) in [6, 6.07) is 4.92. The van der Waals surface area contributed by atoms with Crippen LogP contribution in [0, 0.1) is 0 Å². The van der Waals surface area contributed by atoms with E-state index in [1.807, 2.05) is 26.8 Å². The van der Waals surface area contributed by atoms with Gasteiger partial charge in [-0.2, -0.15) is 0 Å². The molecule has 0 unspecified atom stereocenters. The maximum absolute atomic E-state index is 13.1. The van der Waals surface area contributed by atoms with Gasteiger partial charge in [0.25, 0.3) is 11.8 Å². The summed E-state index contributed by atoms with van der Waals surface area (Å²) in [6.07, 6.45) is 4.71. The monoisotopic (exact) mass is 607 g/mol. The van der Waals surface area contributed by atoms with Gasteiger partial charge in [-0.05, 0) is 39.0 Å². The SMILES string of the molecule is C[C@@H]1CN(C(=O)c2cnc(-c3nccnc3[C@H](C)NC(=O)c3cc(Br)cc(Br)c3)s2)C[C@H](C)O1. The van der Waals surface area contributed by atoms with E-state index in [9.17, 15) is 9.59 Å². The number of carbonyl (C=O) groups is 2. The van der Waals surface area contributed by atoms with Crippen LogP contribution in [0.3, 0.4) is 0 Å². The number of thiazole rings is 1. The number of carbonyl (C=O) groups excluding carboxylic acids is 2. The van der Waals surface area contributed by atoms with E-state index >= 15 is 0 Å². The molecule has 1 fully saturated rings. The summed E-state index contributed by atoms with van der Waals surface area (Å²) < 4.78 is 7.32. The molecule has 8 nitrogen and oxygen atoms in total. The highest BCUT2D eigenvalue weighted by atomic mass is 79.9. The fourth-order valence-corrected chi connectivity index (χ4v) is 6.03. The first-order valence-electron chi connectivity index (χ1n) is 10.7. The standard InChI is InChI=1S/C23H23Br2N5O3S/c1-12-10-30(11-13(2)33-12)23(32)18-9-28-22(34-18)20-19(26-4-5-27-20)14(3)29-21(31)15-6-16(24)8-17(25)7-15/h4-9,12-14H,10-11H2,1-3H3,(H,29,31)/t12-,13+,14-/m0/s1. The van der Waals surface area contributed by atoms with Crippen molar-refractivity contribution in [1.29, 1.82) is 0 Å². The fourth-order valence-electron chi connectivity index (χ4n) is 3.85. The number of hydrogen-bond donors (Lipinski definition) is 1. The molecule has 11 heteroatoms. The lowest BCUT2D eigenvalue weighted by Crippen LogP contribution is -2.48. The fraction of sp³-hybridized carbons (Fsp3) is 0.348. The summed E-state index contributed by atoms with van der Waals surface area (Å²) in [5.74, 6) is -0.311. The molecule has 0 radical (unpaired) electrons. The Bertz CT molecular complexity index is 1190. The summed E-state index contributed by atoms with van der Waals surface area (Å²) in [7, 11) is 0. The molecule has 1 saturated heterocycles. The molecule has 1 aromatic carbocycles. The van der Waals surface area contributed by atoms with Gasteiger partial charge in [0, 0.05) is 40.0 Å². The zero-order valence-corrected chi connectivity index (χ0v) is 22.8. The normalized spacial score (nSPS) is 19.0. The highest BCUT2D eigenvalue weighted by Gasteiger charge is 2.28. The van der Waals surface area contributed by atoms with Gasteiger partial charge in [-0.3, -0.25) is 19.6 Å². The summed E-state index contributed by atoms with van der Waals surface area (Å²) >= 11 is 8.08. The van der Waals surface area contributed by atoms with E-state index in [1.54, 1.807) is 35.6 Å². The predicted molar refractivity (Wildman–Crippen MR) is 137 cm³/mol. The number of aromatic nitrogens is 3. The number of rotatable bonds is 5. The van der Waals surface area contributed by atoms with Crippen LogP contribution < -0.4 is 5.32 Å². The zero-order chi connectivity index (χ0) is 24.4. The van der Waals surface area contributed by atoms with Gasteiger partial charge in [-0.1, -0.05) is 31.9 Å². The quantitative estimate of drug-likeness (QED) is 0.444. The molecule has 34 heavy (non-hydrogen) atoms. The lowest BCUT2D eigenvalue weighted by Gasteiger charge is -2.35. The van der Waals surface area contributed by atoms with Crippen LogP contribution in [0.2, 0.25) is 0 Å². The van der Waals surface area contributed by atoms with Crippen molar-refractivity contribution in [3.63, 3.8) is 0 Å². The second-order valence-corrected chi connectivity index (χ2v) is 11.0. The summed E-state index contributed by atoms with van der Waals surface area (Å²) in [5.41, 5.74) is 1.63. The third-order valence-corrected chi connectivity index (χ3v) is 7.14. The van der Waals surface area contributed by atoms with Crippen molar-refractivity contribution >= 4 is 55.0 Å². The Labute approximate surface area is 218 Å². The molecule has 2 amide bonds. The minimum absolute atomic E-state index is 0.0120. The molecule has 0 saturated carbocycles. The van der Waals surface area contributed by atoms with Crippen molar-refractivity contribution in [2.45, 2.75) is 39.0 Å². The van der Waals surface area contributed by atoms with E-state index in [2.05, 4.69) is 52.1 Å². The molecule has 1 N–H and O–H groups in total. The number of amides is 2. The highest BCUT2D eigenvalue weighted by Crippen LogP contribution is 2.30. The number of ether oxygens (including phenoxy) is 1. The van der Waals surface area contributed by atoms with Gasteiger partial charge in [-0.25, -0.2) is 4.98 Å². The number of nitrogens with one attached hydrogen (secondary N) is 1. The van der Waals surface area contributed by atoms with Crippen LogP contribution in [0.5, 0.6) is 0 Å². The van der Waals surface area contributed by atoms with Crippen molar-refractivity contribution in [2.75, 3.05) is 13.1 Å². The van der Waals surface area contributed by atoms with E-state index in [1.165, 1.54) is 11.3 Å². The number of hydrogen-bond acceptors (Lipinski definition) is 7. The van der Waals surface area contributed by atoms with Gasteiger partial charge >= 0.3 is 0 Å². The number of morpholine rings is 1. The van der Waals surface area contributed by atoms with E-state index < -0.39 is 6.04 Å². The smallest absolute Gasteiger partial charge is 0.265 e. The van der Waals surface area contributed by atoms with Crippen LogP contribution in [0.4, 0.5) is 0 Å². The summed E-state index contributed by atoms with van der Waals surface area (Å²) in [4.78, 5) is 41.6. The van der Waals surface area contributed by atoms with E-state index in [4.69, 9.17) is 4.74 Å². The van der Waals surface area contributed by atoms with Crippen LogP contribution in [0.25, 0.3) is 10.7 Å². The molecule has 1 aliphatic heterocycles. The Kier molecular flexibility index (Phi) is 7.76. The van der Waals surface area contributed by atoms with Crippen LogP contribution in [-0.4, -0.2) is 57.0 Å². The first-order chi connectivity index (χ1) is 16.2. The molecule has 0 bridgehead atoms. The number of benzene rings is 1. The Morgan fingerprint density at radius 1 is 1.09 bits per heavy atom. The van der Waals surface area contributed by atoms with Crippen molar-refractivity contribution in [3.05, 3.63) is 61.9 Å². The van der Waals surface area contributed by atoms with Crippen molar-refractivity contribution in [1.82, 2.24) is 25.2 Å². The molecule has 0 aliphatic carbocycles. The highest BCUT2D eigenvalue weighted by molar-refractivity contribution is 9.11. The van der Waals surface area contributed by atoms with Gasteiger partial charge in [0.2, 0.25) is 0 Å². The zero-order valence-electron chi connectivity index (χ0n) is 18.8. The number of nitrogens with zero attached hydrogens (tertiary/aromatic N) is 4. The molecule has 178 valence electrons. The third-order valence-electron chi connectivity index (χ3n) is 5.23. The molecular formula is C23H23Br2N5O3S. The van der Waals surface area contributed by atoms with Gasteiger partial charge in [0.05, 0.1) is 30.1 Å². The van der Waals surface area contributed by atoms with Crippen molar-refractivity contribution in [3.8, 4) is 10.7 Å². The third kappa shape index (κ3) is 5.70. The lowest BCUT2D eigenvalue weighted by atomic mass is 10.1. The largest absolute Gasteiger partial charge is 0.372 e. The Hall–Kier alpha value is -2.21. The van der Waals surface area contributed by atoms with E-state index in [-0.39, 0.29) is 24.0 Å². The molecule has 2 aromatic heterocycles. The van der Waals surface area contributed by atoms with Gasteiger partial charge in [-0.15, -0.1) is 11.3 Å². The van der Waals surface area contributed by atoms with Gasteiger partial charge in [0.15, 0.2) is 0 Å². The number of halogens is 2. The van der Waals surface area contributed by atoms with Crippen LogP contribution in [-0.2, 0) is 4.74 Å².